The number of rotatable bonds is 6. The second-order valence-corrected chi connectivity index (χ2v) is 5.07. The summed E-state index contributed by atoms with van der Waals surface area (Å²) in [5, 5.41) is 7.44. The lowest BCUT2D eigenvalue weighted by atomic mass is 9.77. The molecule has 0 aromatic heterocycles. The molecule has 3 atom stereocenters. The Bertz CT molecular complexity index is 366. The van der Waals surface area contributed by atoms with Gasteiger partial charge in [0.05, 0.1) is 19.0 Å². The Morgan fingerprint density at radius 3 is 2.79 bits per heavy atom. The maximum Gasteiger partial charge on any atom is 0.333 e. The highest BCUT2D eigenvalue weighted by Gasteiger charge is 2.33. The number of nitrogens with two attached hydrogens (primary N) is 1. The number of ether oxygens (including phenoxy) is 2. The normalized spacial score (nSPS) is 26.7. The van der Waals surface area contributed by atoms with Crippen molar-refractivity contribution in [1.29, 1.82) is 5.41 Å². The zero-order valence-electron chi connectivity index (χ0n) is 11.9. The molecule has 0 unspecified atom stereocenters. The van der Waals surface area contributed by atoms with E-state index in [1.54, 1.807) is 0 Å². The summed E-state index contributed by atoms with van der Waals surface area (Å²) in [5.41, 5.74) is 6.12. The monoisotopic (exact) mass is 268 g/mol. The van der Waals surface area contributed by atoms with Crippen molar-refractivity contribution in [2.24, 2.45) is 17.6 Å². The van der Waals surface area contributed by atoms with Crippen molar-refractivity contribution in [3.63, 3.8) is 0 Å². The van der Waals surface area contributed by atoms with Crippen LogP contribution in [0.15, 0.2) is 11.6 Å². The summed E-state index contributed by atoms with van der Waals surface area (Å²) in [4.78, 5) is 11.7. The van der Waals surface area contributed by atoms with E-state index in [-0.39, 0.29) is 29.7 Å². The first-order valence-corrected chi connectivity index (χ1v) is 6.73. The van der Waals surface area contributed by atoms with Crippen LogP contribution in [0.2, 0.25) is 0 Å². The van der Waals surface area contributed by atoms with Gasteiger partial charge in [-0.3, -0.25) is 5.41 Å². The highest BCUT2D eigenvalue weighted by Crippen LogP contribution is 2.34. The predicted octanol–water partition coefficient (Wildman–Crippen LogP) is 1.86. The number of nitrogens with one attached hydrogen (secondary N) is 1. The lowest BCUT2D eigenvalue weighted by Crippen LogP contribution is -2.35. The average Bonchev–Trinajstić information content (AvgIpc) is 2.38. The molecule has 5 heteroatoms. The van der Waals surface area contributed by atoms with E-state index in [1.807, 2.05) is 13.0 Å². The van der Waals surface area contributed by atoms with E-state index in [2.05, 4.69) is 6.92 Å². The molecule has 3 N–H and O–H groups in total. The second-order valence-electron chi connectivity index (χ2n) is 5.07. The van der Waals surface area contributed by atoms with Gasteiger partial charge in [0, 0.05) is 18.6 Å². The van der Waals surface area contributed by atoms with Crippen molar-refractivity contribution >= 4 is 11.8 Å². The fraction of sp³-hybridized carbons (Fsp3) is 0.714. The Hall–Kier alpha value is -1.36. The van der Waals surface area contributed by atoms with E-state index in [9.17, 15) is 4.79 Å². The molecule has 0 spiro atoms. The second kappa shape index (κ2) is 7.28. The Kier molecular flexibility index (Phi) is 6.02. The van der Waals surface area contributed by atoms with Gasteiger partial charge in [0.15, 0.2) is 0 Å². The summed E-state index contributed by atoms with van der Waals surface area (Å²) in [7, 11) is 1.38. The van der Waals surface area contributed by atoms with Gasteiger partial charge in [-0.05, 0) is 30.8 Å². The molecule has 0 aliphatic heterocycles. The first kappa shape index (κ1) is 15.7. The molecule has 5 nitrogen and oxygen atoms in total. The molecule has 0 aromatic rings. The molecular weight excluding hydrogens is 244 g/mol. The van der Waals surface area contributed by atoms with Gasteiger partial charge in [0.25, 0.3) is 0 Å². The first-order valence-electron chi connectivity index (χ1n) is 6.73. The standard InChI is InChI=1S/C14H24N2O3/c1-4-5-19-12-7-11(14(17)18-3)6-10(9(12)2)8-13(15)16/h7,9-10,12H,4-6,8H2,1-3H3,(H3,15,16)/t9-,10-,12-/m1/s1. The number of carbonyl (C=O) groups is 1. The minimum absolute atomic E-state index is 0.104. The van der Waals surface area contributed by atoms with E-state index in [4.69, 9.17) is 20.6 Å². The molecular formula is C14H24N2O3. The quantitative estimate of drug-likeness (QED) is 0.437. The van der Waals surface area contributed by atoms with Crippen LogP contribution in [-0.2, 0) is 14.3 Å². The third kappa shape index (κ3) is 4.35. The largest absolute Gasteiger partial charge is 0.466 e. The van der Waals surface area contributed by atoms with Gasteiger partial charge >= 0.3 is 5.97 Å². The molecule has 0 fully saturated rings. The summed E-state index contributed by atoms with van der Waals surface area (Å²) >= 11 is 0. The summed E-state index contributed by atoms with van der Waals surface area (Å²) in [5.74, 6) is 0.227. The van der Waals surface area contributed by atoms with Crippen LogP contribution in [0, 0.1) is 17.2 Å². The molecule has 19 heavy (non-hydrogen) atoms. The lowest BCUT2D eigenvalue weighted by molar-refractivity contribution is -0.136. The van der Waals surface area contributed by atoms with E-state index in [0.29, 0.717) is 25.0 Å². The number of hydrogen-bond acceptors (Lipinski definition) is 4. The van der Waals surface area contributed by atoms with Crippen LogP contribution in [0.5, 0.6) is 0 Å². The van der Waals surface area contributed by atoms with Gasteiger partial charge in [-0.2, -0.15) is 0 Å². The molecule has 0 aromatic carbocycles. The molecule has 0 amide bonds. The fourth-order valence-corrected chi connectivity index (χ4v) is 2.43. The maximum atomic E-state index is 11.7. The van der Waals surface area contributed by atoms with Gasteiger partial charge in [-0.1, -0.05) is 13.8 Å². The van der Waals surface area contributed by atoms with Crippen molar-refractivity contribution < 1.29 is 14.3 Å². The minimum Gasteiger partial charge on any atom is -0.466 e. The van der Waals surface area contributed by atoms with Crippen molar-refractivity contribution in [3.8, 4) is 0 Å². The fourth-order valence-electron chi connectivity index (χ4n) is 2.43. The summed E-state index contributed by atoms with van der Waals surface area (Å²) < 4.78 is 10.6. The zero-order valence-corrected chi connectivity index (χ0v) is 11.9. The van der Waals surface area contributed by atoms with Crippen molar-refractivity contribution in [2.45, 2.75) is 39.2 Å². The molecule has 0 radical (unpaired) electrons. The zero-order chi connectivity index (χ0) is 14.4. The van der Waals surface area contributed by atoms with Gasteiger partial charge in [0.1, 0.15) is 0 Å². The van der Waals surface area contributed by atoms with Gasteiger partial charge in [-0.25, -0.2) is 4.79 Å². The Labute approximate surface area is 114 Å². The van der Waals surface area contributed by atoms with Crippen LogP contribution in [-0.4, -0.2) is 31.6 Å². The average molecular weight is 268 g/mol. The first-order chi connectivity index (χ1) is 8.99. The molecule has 1 aliphatic rings. The third-order valence-electron chi connectivity index (χ3n) is 3.55. The molecule has 0 heterocycles. The molecule has 0 saturated heterocycles. The minimum atomic E-state index is -0.314. The molecule has 1 aliphatic carbocycles. The smallest absolute Gasteiger partial charge is 0.333 e. The van der Waals surface area contributed by atoms with Crippen LogP contribution in [0.25, 0.3) is 0 Å². The summed E-state index contributed by atoms with van der Waals surface area (Å²) in [6, 6.07) is 0. The summed E-state index contributed by atoms with van der Waals surface area (Å²) in [6.07, 6.45) is 3.78. The number of methoxy groups -OCH3 is 1. The van der Waals surface area contributed by atoms with E-state index < -0.39 is 0 Å². The summed E-state index contributed by atoms with van der Waals surface area (Å²) in [6.45, 7) is 4.79. The lowest BCUT2D eigenvalue weighted by Gasteiger charge is -2.34. The Morgan fingerprint density at radius 1 is 1.58 bits per heavy atom. The Morgan fingerprint density at radius 2 is 2.26 bits per heavy atom. The highest BCUT2D eigenvalue weighted by molar-refractivity contribution is 5.89. The van der Waals surface area contributed by atoms with Crippen molar-refractivity contribution in [3.05, 3.63) is 11.6 Å². The van der Waals surface area contributed by atoms with E-state index in [1.165, 1.54) is 7.11 Å². The van der Waals surface area contributed by atoms with Crippen LogP contribution < -0.4 is 5.73 Å². The Balaban J connectivity index is 2.86. The number of amidine groups is 1. The van der Waals surface area contributed by atoms with Crippen molar-refractivity contribution in [1.82, 2.24) is 0 Å². The van der Waals surface area contributed by atoms with Crippen LogP contribution in [0.4, 0.5) is 0 Å². The molecule has 1 rings (SSSR count). The van der Waals surface area contributed by atoms with Gasteiger partial charge in [0.2, 0.25) is 0 Å². The van der Waals surface area contributed by atoms with Crippen molar-refractivity contribution in [2.75, 3.05) is 13.7 Å². The predicted molar refractivity (Wildman–Crippen MR) is 73.9 cm³/mol. The van der Waals surface area contributed by atoms with E-state index >= 15 is 0 Å². The highest BCUT2D eigenvalue weighted by atomic mass is 16.5. The SMILES string of the molecule is CCCO[C@@H]1C=C(C(=O)OC)C[C@H](CC(=N)N)[C@H]1C. The number of hydrogen-bond donors (Lipinski definition) is 2. The van der Waals surface area contributed by atoms with Crippen LogP contribution in [0.1, 0.15) is 33.1 Å². The maximum absolute atomic E-state index is 11.7. The van der Waals surface area contributed by atoms with Gasteiger partial charge < -0.3 is 15.2 Å². The van der Waals surface area contributed by atoms with E-state index in [0.717, 1.165) is 6.42 Å². The number of carbonyl (C=O) groups excluding carboxylic acids is 1. The molecule has 108 valence electrons. The topological polar surface area (TPSA) is 85.4 Å². The number of esters is 1. The van der Waals surface area contributed by atoms with Crippen LogP contribution in [0.3, 0.4) is 0 Å². The van der Waals surface area contributed by atoms with Crippen LogP contribution >= 0.6 is 0 Å². The third-order valence-corrected chi connectivity index (χ3v) is 3.55. The van der Waals surface area contributed by atoms with Gasteiger partial charge in [-0.15, -0.1) is 0 Å². The molecule has 0 bridgehead atoms. The molecule has 0 saturated carbocycles.